The molecule has 3 fully saturated rings. The molecule has 0 aliphatic carbocycles. The Bertz CT molecular complexity index is 1060. The Morgan fingerprint density at radius 1 is 0.824 bits per heavy atom. The van der Waals surface area contributed by atoms with E-state index in [1.165, 1.54) is 4.90 Å². The Kier molecular flexibility index (Phi) is 6.24. The molecule has 0 unspecified atom stereocenters. The van der Waals surface area contributed by atoms with E-state index in [9.17, 15) is 14.4 Å². The van der Waals surface area contributed by atoms with Gasteiger partial charge in [-0.1, -0.05) is 12.1 Å². The third-order valence-corrected chi connectivity index (χ3v) is 7.07. The third-order valence-electron chi connectivity index (χ3n) is 7.07. The number of piperazine rings is 1. The van der Waals surface area contributed by atoms with Gasteiger partial charge in [-0.2, -0.15) is 0 Å². The summed E-state index contributed by atoms with van der Waals surface area (Å²) >= 11 is 0. The Balaban J connectivity index is 1.18. The van der Waals surface area contributed by atoms with Crippen molar-refractivity contribution in [3.05, 3.63) is 54.1 Å². The molecule has 34 heavy (non-hydrogen) atoms. The number of nitrogens with zero attached hydrogens (tertiary/aromatic N) is 4. The number of hydrogen-bond donors (Lipinski definition) is 0. The predicted octanol–water partition coefficient (Wildman–Crippen LogP) is 2.27. The summed E-state index contributed by atoms with van der Waals surface area (Å²) in [6.07, 6.45) is 1.71. The van der Waals surface area contributed by atoms with E-state index in [0.717, 1.165) is 61.8 Å². The molecule has 8 nitrogen and oxygen atoms in total. The number of imide groups is 1. The largest absolute Gasteiger partial charge is 0.497 e. The first kappa shape index (κ1) is 22.4. The van der Waals surface area contributed by atoms with E-state index in [1.807, 2.05) is 48.5 Å². The number of benzene rings is 2. The minimum Gasteiger partial charge on any atom is -0.497 e. The zero-order valence-corrected chi connectivity index (χ0v) is 19.5. The number of carbonyl (C=O) groups excluding carboxylic acids is 3. The van der Waals surface area contributed by atoms with Gasteiger partial charge in [-0.05, 0) is 48.4 Å². The van der Waals surface area contributed by atoms with Crippen molar-refractivity contribution in [2.24, 2.45) is 0 Å². The van der Waals surface area contributed by atoms with Crippen LogP contribution >= 0.6 is 0 Å². The first-order valence-electron chi connectivity index (χ1n) is 11.9. The number of likely N-dealkylation sites (tertiary alicyclic amines) is 1. The molecule has 0 spiro atoms. The van der Waals surface area contributed by atoms with Gasteiger partial charge in [-0.3, -0.25) is 24.2 Å². The van der Waals surface area contributed by atoms with Gasteiger partial charge in [0, 0.05) is 50.5 Å². The first-order chi connectivity index (χ1) is 16.5. The van der Waals surface area contributed by atoms with Crippen LogP contribution in [0.3, 0.4) is 0 Å². The molecule has 5 rings (SSSR count). The molecule has 3 aliphatic rings. The van der Waals surface area contributed by atoms with Crippen molar-refractivity contribution in [3.63, 3.8) is 0 Å². The van der Waals surface area contributed by atoms with Crippen LogP contribution in [0.15, 0.2) is 48.5 Å². The van der Waals surface area contributed by atoms with E-state index >= 15 is 0 Å². The van der Waals surface area contributed by atoms with Gasteiger partial charge in [-0.15, -0.1) is 0 Å². The summed E-state index contributed by atoms with van der Waals surface area (Å²) in [4.78, 5) is 45.4. The molecule has 178 valence electrons. The van der Waals surface area contributed by atoms with Crippen molar-refractivity contribution < 1.29 is 19.1 Å². The summed E-state index contributed by atoms with van der Waals surface area (Å²) < 4.78 is 5.23. The number of amides is 3. The Hall–Kier alpha value is -3.39. The lowest BCUT2D eigenvalue weighted by molar-refractivity contribution is -0.140. The summed E-state index contributed by atoms with van der Waals surface area (Å²) in [5.74, 6) is 0.748. The number of methoxy groups -OCH3 is 1. The standard InChI is InChI=1S/C26H30N4O4/c1-34-22-10-8-20(9-11-22)27-13-15-28(16-14-27)23-17-25(32)30(26(23)33)18-19-4-6-21(7-5-19)29-12-2-3-24(29)31/h4-11,23H,2-3,12-18H2,1H3/t23-/m1/s1. The van der Waals surface area contributed by atoms with Crippen molar-refractivity contribution in [3.8, 4) is 5.75 Å². The predicted molar refractivity (Wildman–Crippen MR) is 129 cm³/mol. The van der Waals surface area contributed by atoms with Gasteiger partial charge in [0.15, 0.2) is 0 Å². The Labute approximate surface area is 199 Å². The average molecular weight is 463 g/mol. The number of hydrogen-bond acceptors (Lipinski definition) is 6. The van der Waals surface area contributed by atoms with E-state index < -0.39 is 0 Å². The highest BCUT2D eigenvalue weighted by molar-refractivity contribution is 6.05. The van der Waals surface area contributed by atoms with Gasteiger partial charge >= 0.3 is 0 Å². The monoisotopic (exact) mass is 462 g/mol. The molecule has 3 aliphatic heterocycles. The molecular formula is C26H30N4O4. The number of anilines is 2. The van der Waals surface area contributed by atoms with Gasteiger partial charge in [0.1, 0.15) is 5.75 Å². The number of carbonyl (C=O) groups is 3. The lowest BCUT2D eigenvalue weighted by atomic mass is 10.1. The lowest BCUT2D eigenvalue weighted by Crippen LogP contribution is -2.52. The molecule has 3 heterocycles. The van der Waals surface area contributed by atoms with Crippen LogP contribution in [-0.4, -0.2) is 73.4 Å². The van der Waals surface area contributed by atoms with Crippen LogP contribution < -0.4 is 14.5 Å². The van der Waals surface area contributed by atoms with Crippen LogP contribution in [0.1, 0.15) is 24.8 Å². The second-order valence-corrected chi connectivity index (χ2v) is 9.07. The molecule has 0 aromatic heterocycles. The fourth-order valence-corrected chi connectivity index (χ4v) is 5.09. The quantitative estimate of drug-likeness (QED) is 0.614. The average Bonchev–Trinajstić information content (AvgIpc) is 3.43. The number of ether oxygens (including phenoxy) is 1. The second-order valence-electron chi connectivity index (χ2n) is 9.07. The van der Waals surface area contributed by atoms with Gasteiger partial charge < -0.3 is 14.5 Å². The Morgan fingerprint density at radius 2 is 1.50 bits per heavy atom. The topological polar surface area (TPSA) is 73.4 Å². The highest BCUT2D eigenvalue weighted by Crippen LogP contribution is 2.26. The molecular weight excluding hydrogens is 432 g/mol. The van der Waals surface area contributed by atoms with E-state index in [2.05, 4.69) is 9.80 Å². The van der Waals surface area contributed by atoms with Crippen LogP contribution in [-0.2, 0) is 20.9 Å². The summed E-state index contributed by atoms with van der Waals surface area (Å²) in [5, 5.41) is 0. The zero-order chi connectivity index (χ0) is 23.7. The molecule has 8 heteroatoms. The molecule has 0 N–H and O–H groups in total. The molecule has 1 atom stereocenters. The van der Waals surface area contributed by atoms with Crippen LogP contribution in [0.2, 0.25) is 0 Å². The van der Waals surface area contributed by atoms with Gasteiger partial charge in [0.05, 0.1) is 26.1 Å². The number of rotatable bonds is 6. The molecule has 3 amide bonds. The van der Waals surface area contributed by atoms with Crippen molar-refractivity contribution in [2.45, 2.75) is 31.8 Å². The van der Waals surface area contributed by atoms with E-state index in [4.69, 9.17) is 4.74 Å². The fraction of sp³-hybridized carbons (Fsp3) is 0.423. The van der Waals surface area contributed by atoms with E-state index in [1.54, 1.807) is 12.0 Å². The summed E-state index contributed by atoms with van der Waals surface area (Å²) in [6, 6.07) is 15.2. The van der Waals surface area contributed by atoms with Crippen LogP contribution in [0, 0.1) is 0 Å². The molecule has 0 radical (unpaired) electrons. The van der Waals surface area contributed by atoms with Crippen molar-refractivity contribution in [2.75, 3.05) is 49.6 Å². The van der Waals surface area contributed by atoms with Gasteiger partial charge in [-0.25, -0.2) is 0 Å². The molecule has 3 saturated heterocycles. The first-order valence-corrected chi connectivity index (χ1v) is 11.9. The molecule has 0 bridgehead atoms. The van der Waals surface area contributed by atoms with Crippen LogP contribution in [0.5, 0.6) is 5.75 Å². The van der Waals surface area contributed by atoms with Crippen LogP contribution in [0.25, 0.3) is 0 Å². The van der Waals surface area contributed by atoms with Gasteiger partial charge in [0.2, 0.25) is 17.7 Å². The normalized spacial score (nSPS) is 21.6. The van der Waals surface area contributed by atoms with Crippen LogP contribution in [0.4, 0.5) is 11.4 Å². The lowest BCUT2D eigenvalue weighted by Gasteiger charge is -2.38. The van der Waals surface area contributed by atoms with Crippen molar-refractivity contribution in [1.29, 1.82) is 0 Å². The molecule has 2 aromatic carbocycles. The fourth-order valence-electron chi connectivity index (χ4n) is 5.09. The minimum atomic E-state index is -0.382. The Morgan fingerprint density at radius 3 is 2.12 bits per heavy atom. The third kappa shape index (κ3) is 4.37. The highest BCUT2D eigenvalue weighted by Gasteiger charge is 2.42. The second kappa shape index (κ2) is 9.46. The molecule has 2 aromatic rings. The van der Waals surface area contributed by atoms with E-state index in [0.29, 0.717) is 6.42 Å². The highest BCUT2D eigenvalue weighted by atomic mass is 16.5. The maximum absolute atomic E-state index is 13.1. The van der Waals surface area contributed by atoms with Gasteiger partial charge in [0.25, 0.3) is 0 Å². The maximum Gasteiger partial charge on any atom is 0.247 e. The minimum absolute atomic E-state index is 0.110. The van der Waals surface area contributed by atoms with Crippen molar-refractivity contribution >= 4 is 29.1 Å². The smallest absolute Gasteiger partial charge is 0.247 e. The maximum atomic E-state index is 13.1. The molecule has 0 saturated carbocycles. The SMILES string of the molecule is COc1ccc(N2CCN([C@@H]3CC(=O)N(Cc4ccc(N5CCCC5=O)cc4)C3=O)CC2)cc1. The summed E-state index contributed by atoms with van der Waals surface area (Å²) in [7, 11) is 1.66. The summed E-state index contributed by atoms with van der Waals surface area (Å²) in [6.45, 7) is 4.11. The van der Waals surface area contributed by atoms with E-state index in [-0.39, 0.29) is 36.7 Å². The van der Waals surface area contributed by atoms with Crippen molar-refractivity contribution in [1.82, 2.24) is 9.80 Å². The summed E-state index contributed by atoms with van der Waals surface area (Å²) in [5.41, 5.74) is 2.90. The zero-order valence-electron chi connectivity index (χ0n) is 19.5.